The van der Waals surface area contributed by atoms with Crippen LogP contribution in [0.3, 0.4) is 0 Å². The van der Waals surface area contributed by atoms with Gasteiger partial charge in [0.25, 0.3) is 0 Å². The van der Waals surface area contributed by atoms with Gasteiger partial charge in [-0.2, -0.15) is 0 Å². The molecular formula is C17H14AsIN4O. The normalized spacial score (nSPS) is 10.7. The second-order valence-corrected chi connectivity index (χ2v) is 7.29. The summed E-state index contributed by atoms with van der Waals surface area (Å²) in [5.74, 6) is 0.517. The fourth-order valence-electron chi connectivity index (χ4n) is 2.44. The van der Waals surface area contributed by atoms with Crippen LogP contribution in [0.15, 0.2) is 36.8 Å². The van der Waals surface area contributed by atoms with Crippen molar-refractivity contribution in [3.63, 3.8) is 0 Å². The van der Waals surface area contributed by atoms with Gasteiger partial charge in [0.2, 0.25) is 0 Å². The second-order valence-electron chi connectivity index (χ2n) is 5.27. The number of carbonyl (C=O) groups excluding carboxylic acids is 1. The van der Waals surface area contributed by atoms with Gasteiger partial charge >= 0.3 is 163 Å². The summed E-state index contributed by atoms with van der Waals surface area (Å²) < 4.78 is 2.27. The van der Waals surface area contributed by atoms with E-state index in [-0.39, 0.29) is 6.03 Å². The van der Waals surface area contributed by atoms with E-state index in [4.69, 9.17) is 0 Å². The number of nitrogens with zero attached hydrogens (tertiary/aromatic N) is 2. The third-order valence-electron chi connectivity index (χ3n) is 3.73. The molecule has 0 saturated heterocycles. The summed E-state index contributed by atoms with van der Waals surface area (Å²) in [5.41, 5.74) is 3.40. The first kappa shape index (κ1) is 17.2. The summed E-state index contributed by atoms with van der Waals surface area (Å²) in [6.45, 7) is 2.08. The Bertz CT molecular complexity index is 945. The molecule has 0 saturated carbocycles. The number of hydrogen-bond acceptors (Lipinski definition) is 3. The van der Waals surface area contributed by atoms with Gasteiger partial charge in [0, 0.05) is 0 Å². The predicted molar refractivity (Wildman–Crippen MR) is 106 cm³/mol. The quantitative estimate of drug-likeness (QED) is 0.428. The van der Waals surface area contributed by atoms with Gasteiger partial charge in [-0.25, -0.2) is 0 Å². The predicted octanol–water partition coefficient (Wildman–Crippen LogP) is 2.75. The average Bonchev–Trinajstić information content (AvgIpc) is 2.58. The number of rotatable bonds is 2. The summed E-state index contributed by atoms with van der Waals surface area (Å²) in [4.78, 5) is 20.1. The number of halogens is 1. The van der Waals surface area contributed by atoms with Crippen molar-refractivity contribution in [2.75, 3.05) is 12.4 Å². The van der Waals surface area contributed by atoms with E-state index >= 15 is 0 Å². The van der Waals surface area contributed by atoms with Gasteiger partial charge < -0.3 is 0 Å². The van der Waals surface area contributed by atoms with E-state index in [1.54, 1.807) is 19.4 Å². The van der Waals surface area contributed by atoms with Gasteiger partial charge in [-0.05, 0) is 0 Å². The van der Waals surface area contributed by atoms with Gasteiger partial charge in [-0.3, -0.25) is 0 Å². The number of urea groups is 1. The van der Waals surface area contributed by atoms with Gasteiger partial charge in [-0.15, -0.1) is 0 Å². The van der Waals surface area contributed by atoms with Crippen molar-refractivity contribution in [2.45, 2.75) is 6.92 Å². The van der Waals surface area contributed by atoms with E-state index in [2.05, 4.69) is 73.0 Å². The minimum atomic E-state index is -0.289. The van der Waals surface area contributed by atoms with Crippen LogP contribution in [0.2, 0.25) is 0 Å². The van der Waals surface area contributed by atoms with E-state index < -0.39 is 0 Å². The number of nitrogens with one attached hydrogen (secondary N) is 2. The number of pyridine rings is 2. The van der Waals surface area contributed by atoms with Crippen LogP contribution in [-0.4, -0.2) is 39.9 Å². The summed E-state index contributed by atoms with van der Waals surface area (Å²) in [6, 6.07) is 5.72. The maximum atomic E-state index is 11.5. The Morgan fingerprint density at radius 1 is 1.25 bits per heavy atom. The molecule has 1 aromatic carbocycles. The maximum absolute atomic E-state index is 11.5. The molecule has 24 heavy (non-hydrogen) atoms. The molecule has 2 N–H and O–H groups in total. The van der Waals surface area contributed by atoms with Crippen LogP contribution in [0, 0.1) is 10.5 Å². The molecule has 0 bridgehead atoms. The molecule has 0 aliphatic rings. The van der Waals surface area contributed by atoms with E-state index in [0.29, 0.717) is 5.82 Å². The molecule has 2 amide bonds. The molecule has 2 radical (unpaired) electrons. The van der Waals surface area contributed by atoms with Crippen LogP contribution in [0.1, 0.15) is 5.56 Å². The molecule has 0 unspecified atom stereocenters. The monoisotopic (exact) mass is 492 g/mol. The topological polar surface area (TPSA) is 66.9 Å². The van der Waals surface area contributed by atoms with Crippen molar-refractivity contribution in [1.29, 1.82) is 0 Å². The Morgan fingerprint density at radius 2 is 2.04 bits per heavy atom. The van der Waals surface area contributed by atoms with Crippen LogP contribution in [0.25, 0.3) is 21.9 Å². The Labute approximate surface area is 162 Å². The van der Waals surface area contributed by atoms with Crippen LogP contribution in [-0.2, 0) is 0 Å². The number of hydrogen-bond donors (Lipinski definition) is 2. The SMILES string of the molecule is CNC(=O)Nc1cc2cc(-c3cnccc3C)c(I)c([As])c2cn1. The zero-order valence-corrected chi connectivity index (χ0v) is 17.1. The first-order chi connectivity index (χ1) is 11.5. The Kier molecular flexibility index (Phi) is 5.06. The van der Waals surface area contributed by atoms with Gasteiger partial charge in [-0.1, -0.05) is 0 Å². The number of carbonyl (C=O) groups is 1. The van der Waals surface area contributed by atoms with Crippen molar-refractivity contribution < 1.29 is 4.79 Å². The second kappa shape index (κ2) is 7.07. The van der Waals surface area contributed by atoms with Crippen molar-refractivity contribution >= 4 is 66.4 Å². The fraction of sp³-hybridized carbons (Fsp3) is 0.118. The molecular weight excluding hydrogens is 478 g/mol. The zero-order valence-electron chi connectivity index (χ0n) is 13.1. The van der Waals surface area contributed by atoms with E-state index in [0.717, 1.165) is 29.8 Å². The Hall–Kier alpha value is -1.66. The molecule has 7 heteroatoms. The van der Waals surface area contributed by atoms with Crippen LogP contribution in [0.4, 0.5) is 10.6 Å². The number of aromatic nitrogens is 2. The number of amides is 2. The molecule has 2 aromatic heterocycles. The molecule has 0 aliphatic carbocycles. The van der Waals surface area contributed by atoms with Crippen molar-refractivity contribution in [2.24, 2.45) is 0 Å². The summed E-state index contributed by atoms with van der Waals surface area (Å²) in [6.07, 6.45) is 5.47. The van der Waals surface area contributed by atoms with Crippen molar-refractivity contribution in [3.8, 4) is 11.1 Å². The Morgan fingerprint density at radius 3 is 2.75 bits per heavy atom. The number of aryl methyl sites for hydroxylation is 1. The molecule has 2 heterocycles. The van der Waals surface area contributed by atoms with Crippen molar-refractivity contribution in [3.05, 3.63) is 45.9 Å². The van der Waals surface area contributed by atoms with Crippen LogP contribution in [0.5, 0.6) is 0 Å². The van der Waals surface area contributed by atoms with Crippen molar-refractivity contribution in [1.82, 2.24) is 15.3 Å². The van der Waals surface area contributed by atoms with Gasteiger partial charge in [0.1, 0.15) is 0 Å². The molecule has 120 valence electrons. The standard InChI is InChI=1S/C17H14AsIN4O/c1-9-3-4-21-7-12(9)11-5-10-6-14(23-17(24)20-2)22-8-13(10)15(18)16(11)19/h3-8H,1-2H3,(H2,20,22,23,24). The first-order valence-corrected chi connectivity index (χ1v) is 9.24. The summed E-state index contributed by atoms with van der Waals surface area (Å²) in [5, 5.41) is 7.30. The average molecular weight is 492 g/mol. The number of benzene rings is 1. The molecule has 3 aromatic rings. The van der Waals surface area contributed by atoms with E-state index in [1.165, 1.54) is 5.56 Å². The van der Waals surface area contributed by atoms with Crippen LogP contribution >= 0.6 is 22.6 Å². The third kappa shape index (κ3) is 3.26. The van der Waals surface area contributed by atoms with E-state index in [1.807, 2.05) is 18.3 Å². The number of fused-ring (bicyclic) bond motifs is 1. The first-order valence-electron chi connectivity index (χ1n) is 7.22. The molecule has 0 spiro atoms. The summed E-state index contributed by atoms with van der Waals surface area (Å²) in [7, 11) is 1.57. The minimum absolute atomic E-state index is 0.289. The summed E-state index contributed by atoms with van der Waals surface area (Å²) >= 11 is 4.98. The molecule has 0 atom stereocenters. The third-order valence-corrected chi connectivity index (χ3v) is 6.75. The fourth-order valence-corrected chi connectivity index (χ4v) is 3.82. The van der Waals surface area contributed by atoms with Crippen LogP contribution < -0.4 is 15.0 Å². The molecule has 5 nitrogen and oxygen atoms in total. The Balaban J connectivity index is 2.19. The van der Waals surface area contributed by atoms with E-state index in [9.17, 15) is 4.79 Å². The van der Waals surface area contributed by atoms with Gasteiger partial charge in [0.05, 0.1) is 0 Å². The zero-order chi connectivity index (χ0) is 17.3. The van der Waals surface area contributed by atoms with Gasteiger partial charge in [0.15, 0.2) is 0 Å². The molecule has 0 aliphatic heterocycles. The molecule has 0 fully saturated rings. The number of anilines is 1. The molecule has 3 rings (SSSR count).